The van der Waals surface area contributed by atoms with Crippen LogP contribution in [0.3, 0.4) is 0 Å². The van der Waals surface area contributed by atoms with Crippen molar-refractivity contribution < 1.29 is 4.79 Å². The van der Waals surface area contributed by atoms with Gasteiger partial charge in [-0.3, -0.25) is 4.79 Å². The molecule has 1 unspecified atom stereocenters. The molecule has 1 aromatic rings. The first-order valence-corrected chi connectivity index (χ1v) is 7.59. The van der Waals surface area contributed by atoms with Crippen molar-refractivity contribution in [1.82, 2.24) is 5.32 Å². The summed E-state index contributed by atoms with van der Waals surface area (Å²) in [5.41, 5.74) is 7.72. The number of carbonyl (C=O) groups excluding carboxylic acids is 1. The van der Waals surface area contributed by atoms with Crippen molar-refractivity contribution in [3.05, 3.63) is 35.4 Å². The molecular weight excluding hydrogens is 244 g/mol. The maximum absolute atomic E-state index is 11.8. The minimum absolute atomic E-state index is 0.0730. The maximum atomic E-state index is 11.8. The topological polar surface area (TPSA) is 55.1 Å². The van der Waals surface area contributed by atoms with Crippen LogP contribution in [0.5, 0.6) is 0 Å². The summed E-state index contributed by atoms with van der Waals surface area (Å²) in [5.74, 6) is 1.65. The van der Waals surface area contributed by atoms with Crippen molar-refractivity contribution in [2.75, 3.05) is 18.6 Å². The molecule has 1 rings (SSSR count). The molecule has 3 N–H and O–H groups in total. The minimum atomic E-state index is 0.0730. The predicted octanol–water partition coefficient (Wildman–Crippen LogP) is 1.80. The van der Waals surface area contributed by atoms with Gasteiger partial charge in [-0.25, -0.2) is 0 Å². The van der Waals surface area contributed by atoms with Crippen LogP contribution in [0.25, 0.3) is 0 Å². The third-order valence-electron chi connectivity index (χ3n) is 2.79. The fourth-order valence-corrected chi connectivity index (χ4v) is 2.48. The highest BCUT2D eigenvalue weighted by molar-refractivity contribution is 7.98. The average molecular weight is 266 g/mol. The summed E-state index contributed by atoms with van der Waals surface area (Å²) >= 11 is 1.80. The third-order valence-corrected chi connectivity index (χ3v) is 3.69. The second-order valence-electron chi connectivity index (χ2n) is 4.51. The summed E-state index contributed by atoms with van der Waals surface area (Å²) in [6, 6.07) is 7.83. The molecule has 3 nitrogen and oxygen atoms in total. The van der Waals surface area contributed by atoms with E-state index in [1.807, 2.05) is 24.3 Å². The number of nitrogens with one attached hydrogen (secondary N) is 1. The molecular formula is C14H22N2OS. The summed E-state index contributed by atoms with van der Waals surface area (Å²) in [4.78, 5) is 11.8. The predicted molar refractivity (Wildman–Crippen MR) is 78.6 cm³/mol. The van der Waals surface area contributed by atoms with Crippen molar-refractivity contribution in [2.24, 2.45) is 11.7 Å². The normalized spacial score (nSPS) is 12.2. The van der Waals surface area contributed by atoms with E-state index >= 15 is 0 Å². The summed E-state index contributed by atoms with van der Waals surface area (Å²) in [6.07, 6.45) is 2.50. The number of thioether (sulfide) groups is 1. The Bertz CT molecular complexity index is 382. The summed E-state index contributed by atoms with van der Waals surface area (Å²) in [7, 11) is 0. The molecule has 0 saturated carbocycles. The van der Waals surface area contributed by atoms with Crippen molar-refractivity contribution in [3.63, 3.8) is 0 Å². The Kier molecular flexibility index (Phi) is 6.83. The lowest BCUT2D eigenvalue weighted by atomic mass is 10.0. The molecule has 0 bridgehead atoms. The van der Waals surface area contributed by atoms with Gasteiger partial charge in [0.25, 0.3) is 0 Å². The van der Waals surface area contributed by atoms with Crippen LogP contribution in [0.15, 0.2) is 24.3 Å². The van der Waals surface area contributed by atoms with Gasteiger partial charge in [-0.15, -0.1) is 0 Å². The Labute approximate surface area is 114 Å². The van der Waals surface area contributed by atoms with E-state index in [1.165, 1.54) is 0 Å². The highest BCUT2D eigenvalue weighted by Gasteiger charge is 2.08. The minimum Gasteiger partial charge on any atom is -0.356 e. The smallest absolute Gasteiger partial charge is 0.224 e. The molecule has 0 fully saturated rings. The molecule has 1 atom stereocenters. The third kappa shape index (κ3) is 5.10. The van der Waals surface area contributed by atoms with E-state index in [2.05, 4.69) is 18.5 Å². The zero-order chi connectivity index (χ0) is 13.4. The maximum Gasteiger partial charge on any atom is 0.224 e. The SMILES string of the molecule is CSCC(C)CNC(=O)Cc1ccccc1CN. The number of rotatable bonds is 7. The van der Waals surface area contributed by atoms with Crippen LogP contribution in [0.4, 0.5) is 0 Å². The average Bonchev–Trinajstić information content (AvgIpc) is 2.37. The first-order chi connectivity index (χ1) is 8.67. The van der Waals surface area contributed by atoms with Crippen LogP contribution in [0.1, 0.15) is 18.1 Å². The van der Waals surface area contributed by atoms with Crippen LogP contribution >= 0.6 is 11.8 Å². The van der Waals surface area contributed by atoms with E-state index in [0.29, 0.717) is 18.9 Å². The van der Waals surface area contributed by atoms with Crippen molar-refractivity contribution in [3.8, 4) is 0 Å². The van der Waals surface area contributed by atoms with Crippen LogP contribution in [0, 0.1) is 5.92 Å². The van der Waals surface area contributed by atoms with Gasteiger partial charge in [0.1, 0.15) is 0 Å². The molecule has 0 aliphatic rings. The van der Waals surface area contributed by atoms with E-state index in [1.54, 1.807) is 11.8 Å². The van der Waals surface area contributed by atoms with E-state index in [0.717, 1.165) is 23.4 Å². The number of hydrogen-bond acceptors (Lipinski definition) is 3. The van der Waals surface area contributed by atoms with E-state index in [4.69, 9.17) is 5.73 Å². The van der Waals surface area contributed by atoms with Crippen LogP contribution in [-0.2, 0) is 17.8 Å². The summed E-state index contributed by atoms with van der Waals surface area (Å²) < 4.78 is 0. The van der Waals surface area contributed by atoms with Gasteiger partial charge in [-0.1, -0.05) is 31.2 Å². The molecule has 0 aliphatic heterocycles. The summed E-state index contributed by atoms with van der Waals surface area (Å²) in [6.45, 7) is 3.36. The number of amides is 1. The standard InChI is InChI=1S/C14H22N2OS/c1-11(10-18-2)9-16-14(17)7-12-5-3-4-6-13(12)8-15/h3-6,11H,7-10,15H2,1-2H3,(H,16,17). The van der Waals surface area contributed by atoms with Gasteiger partial charge in [0.05, 0.1) is 6.42 Å². The fourth-order valence-electron chi connectivity index (χ4n) is 1.80. The number of nitrogens with two attached hydrogens (primary N) is 1. The van der Waals surface area contributed by atoms with Crippen LogP contribution in [0.2, 0.25) is 0 Å². The van der Waals surface area contributed by atoms with Crippen molar-refractivity contribution >= 4 is 17.7 Å². The zero-order valence-corrected chi connectivity index (χ0v) is 11.9. The number of benzene rings is 1. The van der Waals surface area contributed by atoms with Gasteiger partial charge in [0, 0.05) is 13.1 Å². The van der Waals surface area contributed by atoms with Crippen molar-refractivity contribution in [2.45, 2.75) is 19.9 Å². The molecule has 0 aromatic heterocycles. The van der Waals surface area contributed by atoms with E-state index in [-0.39, 0.29) is 5.91 Å². The van der Waals surface area contributed by atoms with Gasteiger partial charge >= 0.3 is 0 Å². The van der Waals surface area contributed by atoms with Gasteiger partial charge in [-0.05, 0) is 29.1 Å². The lowest BCUT2D eigenvalue weighted by Gasteiger charge is -2.12. The molecule has 1 aromatic carbocycles. The molecule has 0 heterocycles. The molecule has 18 heavy (non-hydrogen) atoms. The first kappa shape index (κ1) is 15.1. The Morgan fingerprint density at radius 2 is 2.06 bits per heavy atom. The van der Waals surface area contributed by atoms with Crippen molar-refractivity contribution in [1.29, 1.82) is 0 Å². The van der Waals surface area contributed by atoms with Gasteiger partial charge in [0.15, 0.2) is 0 Å². The summed E-state index contributed by atoms with van der Waals surface area (Å²) in [5, 5.41) is 2.97. The monoisotopic (exact) mass is 266 g/mol. The fraction of sp³-hybridized carbons (Fsp3) is 0.500. The second kappa shape index (κ2) is 8.16. The van der Waals surface area contributed by atoms with E-state index < -0.39 is 0 Å². The van der Waals surface area contributed by atoms with Gasteiger partial charge < -0.3 is 11.1 Å². The highest BCUT2D eigenvalue weighted by atomic mass is 32.2. The molecule has 1 amide bonds. The molecule has 0 saturated heterocycles. The second-order valence-corrected chi connectivity index (χ2v) is 5.42. The Morgan fingerprint density at radius 1 is 1.39 bits per heavy atom. The molecule has 4 heteroatoms. The lowest BCUT2D eigenvalue weighted by Crippen LogP contribution is -2.30. The Balaban J connectivity index is 2.44. The van der Waals surface area contributed by atoms with Gasteiger partial charge in [-0.2, -0.15) is 11.8 Å². The van der Waals surface area contributed by atoms with E-state index in [9.17, 15) is 4.79 Å². The quantitative estimate of drug-likeness (QED) is 0.791. The zero-order valence-electron chi connectivity index (χ0n) is 11.1. The number of hydrogen-bond donors (Lipinski definition) is 2. The lowest BCUT2D eigenvalue weighted by molar-refractivity contribution is -0.120. The molecule has 0 aliphatic carbocycles. The van der Waals surface area contributed by atoms with Crippen LogP contribution in [-0.4, -0.2) is 24.5 Å². The number of carbonyl (C=O) groups is 1. The van der Waals surface area contributed by atoms with Crippen LogP contribution < -0.4 is 11.1 Å². The highest BCUT2D eigenvalue weighted by Crippen LogP contribution is 2.09. The molecule has 0 spiro atoms. The molecule has 100 valence electrons. The Morgan fingerprint density at radius 3 is 2.67 bits per heavy atom. The van der Waals surface area contributed by atoms with Gasteiger partial charge in [0.2, 0.25) is 5.91 Å². The largest absolute Gasteiger partial charge is 0.356 e. The molecule has 0 radical (unpaired) electrons. The Hall–Kier alpha value is -1.00. The first-order valence-electron chi connectivity index (χ1n) is 6.19.